The van der Waals surface area contributed by atoms with Crippen LogP contribution in [0.2, 0.25) is 0 Å². The summed E-state index contributed by atoms with van der Waals surface area (Å²) in [5.74, 6) is -3.68. The predicted molar refractivity (Wildman–Crippen MR) is 98.8 cm³/mol. The normalized spacial score (nSPS) is 12.0. The van der Waals surface area contributed by atoms with E-state index in [1.807, 2.05) is 0 Å². The Morgan fingerprint density at radius 2 is 1.47 bits per heavy atom. The van der Waals surface area contributed by atoms with Gasteiger partial charge in [0.15, 0.2) is 11.6 Å². The number of carbonyl (C=O) groups is 1. The van der Waals surface area contributed by atoms with Gasteiger partial charge in [-0.1, -0.05) is 12.1 Å². The number of aromatic nitrogens is 1. The molecule has 0 fully saturated rings. The molecule has 0 bridgehead atoms. The quantitative estimate of drug-likeness (QED) is 0.428. The zero-order valence-electron chi connectivity index (χ0n) is 16.0. The van der Waals surface area contributed by atoms with E-state index in [-0.39, 0.29) is 35.0 Å². The van der Waals surface area contributed by atoms with E-state index in [2.05, 4.69) is 4.98 Å². The van der Waals surface area contributed by atoms with E-state index in [1.54, 1.807) is 0 Å². The van der Waals surface area contributed by atoms with Crippen LogP contribution < -0.4 is 4.90 Å². The van der Waals surface area contributed by atoms with Gasteiger partial charge in [0, 0.05) is 29.9 Å². The topological polar surface area (TPSA) is 33.2 Å². The van der Waals surface area contributed by atoms with Gasteiger partial charge in [0.1, 0.15) is 0 Å². The lowest BCUT2D eigenvalue weighted by Crippen LogP contribution is -2.28. The lowest BCUT2D eigenvalue weighted by atomic mass is 10.0. The van der Waals surface area contributed by atoms with Gasteiger partial charge < -0.3 is 4.90 Å². The van der Waals surface area contributed by atoms with Gasteiger partial charge in [-0.05, 0) is 30.3 Å². The molecule has 0 saturated heterocycles. The minimum Gasteiger partial charge on any atom is -0.309 e. The molecule has 0 spiro atoms. The Hall–Kier alpha value is -3.50. The van der Waals surface area contributed by atoms with E-state index in [0.29, 0.717) is 4.90 Å². The highest BCUT2D eigenvalue weighted by molar-refractivity contribution is 6.07. The van der Waals surface area contributed by atoms with Crippen molar-refractivity contribution in [1.82, 2.24) is 4.98 Å². The van der Waals surface area contributed by atoms with E-state index in [0.717, 1.165) is 19.3 Å². The Balaban J connectivity index is 2.12. The first-order chi connectivity index (χ1) is 14.8. The minimum absolute atomic E-state index is 0.0455. The first kappa shape index (κ1) is 23.2. The van der Waals surface area contributed by atoms with Crippen LogP contribution in [0, 0.1) is 11.6 Å². The fourth-order valence-corrected chi connectivity index (χ4v) is 2.97. The van der Waals surface area contributed by atoms with E-state index < -0.39 is 46.6 Å². The first-order valence-corrected chi connectivity index (χ1v) is 8.76. The van der Waals surface area contributed by atoms with Crippen LogP contribution in [0.3, 0.4) is 0 Å². The third-order valence-corrected chi connectivity index (χ3v) is 4.54. The third-order valence-electron chi connectivity index (χ3n) is 4.54. The number of anilines is 1. The van der Waals surface area contributed by atoms with E-state index >= 15 is 0 Å². The summed E-state index contributed by atoms with van der Waals surface area (Å²) in [4.78, 5) is 17.3. The molecule has 0 atom stereocenters. The number of amides is 1. The highest BCUT2D eigenvalue weighted by Gasteiger charge is 2.38. The molecule has 32 heavy (non-hydrogen) atoms. The van der Waals surface area contributed by atoms with Crippen LogP contribution in [0.1, 0.15) is 21.5 Å². The molecule has 3 nitrogen and oxygen atoms in total. The van der Waals surface area contributed by atoms with Gasteiger partial charge in [0.05, 0.1) is 23.0 Å². The second-order valence-corrected chi connectivity index (χ2v) is 6.65. The molecule has 1 amide bonds. The second-order valence-electron chi connectivity index (χ2n) is 6.65. The molecule has 0 aliphatic carbocycles. The fourth-order valence-electron chi connectivity index (χ4n) is 2.97. The summed E-state index contributed by atoms with van der Waals surface area (Å²) in [5.41, 5.74) is -4.70. The van der Waals surface area contributed by atoms with Crippen molar-refractivity contribution in [3.8, 4) is 11.1 Å². The highest BCUT2D eigenvalue weighted by Crippen LogP contribution is 2.37. The van der Waals surface area contributed by atoms with Crippen LogP contribution in [-0.2, 0) is 12.4 Å². The molecule has 11 heteroatoms. The molecule has 0 unspecified atom stereocenters. The zero-order valence-corrected chi connectivity index (χ0v) is 16.0. The maximum absolute atomic E-state index is 14.3. The zero-order chi connectivity index (χ0) is 23.8. The highest BCUT2D eigenvalue weighted by atomic mass is 19.4. The predicted octanol–water partition coefficient (Wildman–Crippen LogP) is 6.34. The van der Waals surface area contributed by atoms with Crippen molar-refractivity contribution in [2.75, 3.05) is 11.9 Å². The van der Waals surface area contributed by atoms with Crippen molar-refractivity contribution >= 4 is 11.6 Å². The lowest BCUT2D eigenvalue weighted by Gasteiger charge is -2.22. The Labute approximate surface area is 175 Å². The maximum atomic E-state index is 14.3. The maximum Gasteiger partial charge on any atom is 0.416 e. The number of rotatable bonds is 3. The van der Waals surface area contributed by atoms with Crippen LogP contribution in [0.25, 0.3) is 11.1 Å². The van der Waals surface area contributed by atoms with Gasteiger partial charge in [0.2, 0.25) is 0 Å². The van der Waals surface area contributed by atoms with Gasteiger partial charge in [-0.2, -0.15) is 26.3 Å². The average Bonchev–Trinajstić information content (AvgIpc) is 2.73. The average molecular weight is 460 g/mol. The Kier molecular flexibility index (Phi) is 5.94. The summed E-state index contributed by atoms with van der Waals surface area (Å²) in [6.07, 6.45) is -8.03. The largest absolute Gasteiger partial charge is 0.416 e. The van der Waals surface area contributed by atoms with Crippen molar-refractivity contribution in [3.63, 3.8) is 0 Å². The molecule has 0 saturated carbocycles. The van der Waals surface area contributed by atoms with Crippen molar-refractivity contribution in [3.05, 3.63) is 83.2 Å². The first-order valence-electron chi connectivity index (χ1n) is 8.76. The summed E-state index contributed by atoms with van der Waals surface area (Å²) in [5, 5.41) is 0. The minimum atomic E-state index is -5.14. The summed E-state index contributed by atoms with van der Waals surface area (Å²) in [7, 11) is 1.06. The van der Waals surface area contributed by atoms with Crippen LogP contribution in [0.5, 0.6) is 0 Å². The van der Waals surface area contributed by atoms with Crippen LogP contribution in [0.15, 0.2) is 54.9 Å². The summed E-state index contributed by atoms with van der Waals surface area (Å²) in [6, 6.07) is 4.94. The van der Waals surface area contributed by atoms with Crippen LogP contribution >= 0.6 is 0 Å². The number of benzene rings is 2. The smallest absolute Gasteiger partial charge is 0.309 e. The number of halogens is 8. The molecule has 168 valence electrons. The number of hydrogen-bond donors (Lipinski definition) is 0. The van der Waals surface area contributed by atoms with Crippen molar-refractivity contribution in [2.45, 2.75) is 12.4 Å². The standard InChI is InChI=1S/C21H12F8N2O/c1-31(17-10-30-6-5-14(17)15-3-2-4-16(22)18(15)23)19(32)11-7-12(20(24,25)26)9-13(8-11)21(27,28)29/h2-10H,1H3. The molecule has 0 aliphatic rings. The number of carbonyl (C=O) groups excluding carboxylic acids is 1. The Morgan fingerprint density at radius 1 is 0.875 bits per heavy atom. The SMILES string of the molecule is CN(C(=O)c1cc(C(F)(F)F)cc(C(F)(F)F)c1)c1cnccc1-c1cccc(F)c1F. The molecule has 3 rings (SSSR count). The monoisotopic (exact) mass is 460 g/mol. The van der Waals surface area contributed by atoms with E-state index in [1.165, 1.54) is 24.4 Å². The molecule has 2 aromatic carbocycles. The molecule has 1 aromatic heterocycles. The number of alkyl halides is 6. The Morgan fingerprint density at radius 3 is 2.03 bits per heavy atom. The Bertz CT molecular complexity index is 1140. The van der Waals surface area contributed by atoms with E-state index in [9.17, 15) is 39.9 Å². The van der Waals surface area contributed by atoms with Crippen molar-refractivity contribution in [1.29, 1.82) is 0 Å². The molecular formula is C21H12F8N2O. The molecule has 1 heterocycles. The third kappa shape index (κ3) is 4.56. The van der Waals surface area contributed by atoms with Gasteiger partial charge >= 0.3 is 12.4 Å². The van der Waals surface area contributed by atoms with Crippen molar-refractivity contribution < 1.29 is 39.9 Å². The fraction of sp³-hybridized carbons (Fsp3) is 0.143. The lowest BCUT2D eigenvalue weighted by molar-refractivity contribution is -0.143. The molecule has 0 N–H and O–H groups in total. The molecule has 0 radical (unpaired) electrons. The van der Waals surface area contributed by atoms with Gasteiger partial charge in [-0.25, -0.2) is 8.78 Å². The van der Waals surface area contributed by atoms with Crippen LogP contribution in [-0.4, -0.2) is 17.9 Å². The number of nitrogens with zero attached hydrogens (tertiary/aromatic N) is 2. The van der Waals surface area contributed by atoms with Gasteiger partial charge in [-0.15, -0.1) is 0 Å². The molecular weight excluding hydrogens is 448 g/mol. The number of hydrogen-bond acceptors (Lipinski definition) is 2. The second kappa shape index (κ2) is 8.21. The van der Waals surface area contributed by atoms with E-state index in [4.69, 9.17) is 0 Å². The van der Waals surface area contributed by atoms with Crippen molar-refractivity contribution in [2.24, 2.45) is 0 Å². The van der Waals surface area contributed by atoms with Gasteiger partial charge in [-0.3, -0.25) is 9.78 Å². The summed E-state index contributed by atoms with van der Waals surface area (Å²) < 4.78 is 107. The molecule has 3 aromatic rings. The van der Waals surface area contributed by atoms with Crippen LogP contribution in [0.4, 0.5) is 40.8 Å². The number of pyridine rings is 1. The molecule has 0 aliphatic heterocycles. The van der Waals surface area contributed by atoms with Gasteiger partial charge in [0.25, 0.3) is 5.91 Å². The summed E-state index contributed by atoms with van der Waals surface area (Å²) >= 11 is 0. The summed E-state index contributed by atoms with van der Waals surface area (Å²) in [6.45, 7) is 0.